The maximum atomic E-state index is 13.3. The van der Waals surface area contributed by atoms with Crippen molar-refractivity contribution in [3.8, 4) is 0 Å². The van der Waals surface area contributed by atoms with Crippen molar-refractivity contribution in [1.82, 2.24) is 21.3 Å². The molecule has 15 heteroatoms. The van der Waals surface area contributed by atoms with Crippen LogP contribution >= 0.6 is 0 Å². The Morgan fingerprint density at radius 2 is 1.00 bits per heavy atom. The number of aliphatic carboxylic acids is 2. The van der Waals surface area contributed by atoms with Gasteiger partial charge in [0.2, 0.25) is 17.7 Å². The monoisotopic (exact) mass is 616 g/mol. The summed E-state index contributed by atoms with van der Waals surface area (Å²) in [5, 5.41) is 28.1. The van der Waals surface area contributed by atoms with Crippen molar-refractivity contribution in [2.45, 2.75) is 117 Å². The molecule has 0 spiro atoms. The summed E-state index contributed by atoms with van der Waals surface area (Å²) < 4.78 is 9.96. The van der Waals surface area contributed by atoms with Crippen molar-refractivity contribution in [3.63, 3.8) is 0 Å². The molecule has 246 valence electrons. The predicted molar refractivity (Wildman–Crippen MR) is 154 cm³/mol. The second-order valence-electron chi connectivity index (χ2n) is 12.0. The van der Waals surface area contributed by atoms with Crippen molar-refractivity contribution in [2.75, 3.05) is 7.11 Å². The van der Waals surface area contributed by atoms with E-state index in [1.54, 1.807) is 34.6 Å². The number of esters is 1. The normalized spacial score (nSPS) is 14.1. The minimum absolute atomic E-state index is 0.0276. The molecule has 0 unspecified atom stereocenters. The van der Waals surface area contributed by atoms with E-state index >= 15 is 0 Å². The lowest BCUT2D eigenvalue weighted by Crippen LogP contribution is -2.58. The summed E-state index contributed by atoms with van der Waals surface area (Å²) >= 11 is 0. The third-order valence-corrected chi connectivity index (χ3v) is 5.78. The van der Waals surface area contributed by atoms with Gasteiger partial charge in [-0.25, -0.2) is 9.59 Å². The summed E-state index contributed by atoms with van der Waals surface area (Å²) in [6.45, 7) is 12.2. The second-order valence-corrected chi connectivity index (χ2v) is 12.0. The molecule has 0 bridgehead atoms. The van der Waals surface area contributed by atoms with Crippen LogP contribution in [-0.2, 0) is 38.2 Å². The van der Waals surface area contributed by atoms with Crippen LogP contribution in [0.5, 0.6) is 0 Å². The molecule has 15 nitrogen and oxygen atoms in total. The number of alkyl carbamates (subject to hydrolysis) is 1. The van der Waals surface area contributed by atoms with Gasteiger partial charge in [0.1, 0.15) is 29.8 Å². The van der Waals surface area contributed by atoms with E-state index < -0.39 is 84.3 Å². The molecule has 0 heterocycles. The SMILES string of the molecule is COC(=O)[C@@H](CC(C)C)NC(=O)[C@H](CCC(=O)O)NC(=O)[C@H](CCC(=O)O)NC(=O)[C@@H](CC(C)C)NC(=O)OC(C)(C)C. The molecule has 0 saturated carbocycles. The van der Waals surface area contributed by atoms with E-state index in [1.807, 2.05) is 13.8 Å². The summed E-state index contributed by atoms with van der Waals surface area (Å²) in [5.41, 5.74) is -0.847. The molecule has 0 rings (SSSR count). The zero-order chi connectivity index (χ0) is 33.5. The van der Waals surface area contributed by atoms with E-state index in [9.17, 15) is 38.7 Å². The number of carboxylic acid groups (broad SMARTS) is 2. The Labute approximate surface area is 252 Å². The van der Waals surface area contributed by atoms with Crippen LogP contribution in [0.2, 0.25) is 0 Å². The first-order valence-electron chi connectivity index (χ1n) is 14.2. The van der Waals surface area contributed by atoms with Crippen LogP contribution in [0.15, 0.2) is 0 Å². The first kappa shape index (κ1) is 39.1. The smallest absolute Gasteiger partial charge is 0.408 e. The van der Waals surface area contributed by atoms with E-state index in [4.69, 9.17) is 14.6 Å². The molecule has 43 heavy (non-hydrogen) atoms. The Balaban J connectivity index is 6.04. The van der Waals surface area contributed by atoms with Crippen LogP contribution in [-0.4, -0.2) is 88.8 Å². The molecule has 0 fully saturated rings. The summed E-state index contributed by atoms with van der Waals surface area (Å²) in [5.74, 6) is -5.95. The Morgan fingerprint density at radius 1 is 0.628 bits per heavy atom. The van der Waals surface area contributed by atoms with E-state index in [1.165, 1.54) is 0 Å². The maximum Gasteiger partial charge on any atom is 0.408 e. The van der Waals surface area contributed by atoms with Crippen molar-refractivity contribution >= 4 is 41.7 Å². The molecule has 0 aromatic heterocycles. The molecule has 4 atom stereocenters. The number of amides is 4. The van der Waals surface area contributed by atoms with E-state index in [0.717, 1.165) is 7.11 Å². The molecule has 0 aliphatic heterocycles. The molecule has 0 aliphatic carbocycles. The highest BCUT2D eigenvalue weighted by molar-refractivity contribution is 5.95. The van der Waals surface area contributed by atoms with Crippen LogP contribution in [0.25, 0.3) is 0 Å². The first-order valence-corrected chi connectivity index (χ1v) is 14.2. The lowest BCUT2D eigenvalue weighted by molar-refractivity contribution is -0.146. The van der Waals surface area contributed by atoms with Gasteiger partial charge < -0.3 is 41.0 Å². The number of carbonyl (C=O) groups is 7. The Bertz CT molecular complexity index is 992. The molecular weight excluding hydrogens is 568 g/mol. The fourth-order valence-electron chi connectivity index (χ4n) is 3.87. The number of hydrogen-bond acceptors (Lipinski definition) is 9. The van der Waals surface area contributed by atoms with Gasteiger partial charge in [-0.05, 0) is 58.3 Å². The van der Waals surface area contributed by atoms with Crippen LogP contribution in [0, 0.1) is 11.8 Å². The number of hydrogen-bond donors (Lipinski definition) is 6. The second kappa shape index (κ2) is 18.6. The molecule has 0 aromatic carbocycles. The molecule has 0 aromatic rings. The standard InChI is InChI=1S/C28H48N4O11/c1-15(2)13-19(32-27(41)43-28(5,6)7)25(39)30-17(9-11-21(33)34)23(37)29-18(10-12-22(35)36)24(38)31-20(14-16(3)4)26(40)42-8/h15-20H,9-14H2,1-8H3,(H,29,37)(H,30,39)(H,31,38)(H,32,41)(H,33,34)(H,35,36)/t17-,18-,19+,20+/m0/s1. The number of rotatable bonds is 18. The van der Waals surface area contributed by atoms with E-state index in [2.05, 4.69) is 21.3 Å². The zero-order valence-corrected chi connectivity index (χ0v) is 26.3. The highest BCUT2D eigenvalue weighted by atomic mass is 16.6. The van der Waals surface area contributed by atoms with Gasteiger partial charge in [-0.2, -0.15) is 0 Å². The van der Waals surface area contributed by atoms with Crippen LogP contribution in [0.3, 0.4) is 0 Å². The average molecular weight is 617 g/mol. The molecule has 0 radical (unpaired) electrons. The Kier molecular flexibility index (Phi) is 16.9. The minimum Gasteiger partial charge on any atom is -0.481 e. The first-order chi connectivity index (χ1) is 19.7. The Morgan fingerprint density at radius 3 is 1.35 bits per heavy atom. The van der Waals surface area contributed by atoms with Crippen molar-refractivity contribution in [3.05, 3.63) is 0 Å². The summed E-state index contributed by atoms with van der Waals surface area (Å²) in [4.78, 5) is 86.7. The third-order valence-electron chi connectivity index (χ3n) is 5.78. The number of carbonyl (C=O) groups excluding carboxylic acids is 5. The van der Waals surface area contributed by atoms with Crippen molar-refractivity contribution < 1.29 is 53.2 Å². The fourth-order valence-corrected chi connectivity index (χ4v) is 3.87. The lowest BCUT2D eigenvalue weighted by atomic mass is 10.0. The van der Waals surface area contributed by atoms with Gasteiger partial charge in [0, 0.05) is 12.8 Å². The van der Waals surface area contributed by atoms with E-state index in [0.29, 0.717) is 0 Å². The van der Waals surface area contributed by atoms with Gasteiger partial charge in [-0.3, -0.25) is 24.0 Å². The summed E-state index contributed by atoms with van der Waals surface area (Å²) in [7, 11) is 1.14. The highest BCUT2D eigenvalue weighted by Crippen LogP contribution is 2.12. The van der Waals surface area contributed by atoms with Crippen molar-refractivity contribution in [1.29, 1.82) is 0 Å². The highest BCUT2D eigenvalue weighted by Gasteiger charge is 2.33. The third kappa shape index (κ3) is 17.6. The maximum absolute atomic E-state index is 13.3. The molecule has 0 aliphatic rings. The van der Waals surface area contributed by atoms with Gasteiger partial charge in [0.05, 0.1) is 7.11 Å². The topological polar surface area (TPSA) is 227 Å². The van der Waals surface area contributed by atoms with Gasteiger partial charge in [-0.15, -0.1) is 0 Å². The van der Waals surface area contributed by atoms with Gasteiger partial charge >= 0.3 is 24.0 Å². The molecule has 4 amide bonds. The van der Waals surface area contributed by atoms with Crippen molar-refractivity contribution in [2.24, 2.45) is 11.8 Å². The van der Waals surface area contributed by atoms with Crippen LogP contribution < -0.4 is 21.3 Å². The van der Waals surface area contributed by atoms with Gasteiger partial charge in [0.25, 0.3) is 0 Å². The quantitative estimate of drug-likeness (QED) is 0.120. The molecular formula is C28H48N4O11. The minimum atomic E-state index is -1.47. The summed E-state index contributed by atoms with van der Waals surface area (Å²) in [6, 6.07) is -5.12. The number of methoxy groups -OCH3 is 1. The summed E-state index contributed by atoms with van der Waals surface area (Å²) in [6.07, 6.45) is -2.29. The largest absolute Gasteiger partial charge is 0.481 e. The average Bonchev–Trinajstić information content (AvgIpc) is 2.85. The molecule has 6 N–H and O–H groups in total. The molecule has 0 saturated heterocycles. The van der Waals surface area contributed by atoms with Gasteiger partial charge in [0.15, 0.2) is 0 Å². The van der Waals surface area contributed by atoms with Crippen LogP contribution in [0.4, 0.5) is 4.79 Å². The van der Waals surface area contributed by atoms with Gasteiger partial charge in [-0.1, -0.05) is 27.7 Å². The Hall–Kier alpha value is -3.91. The number of carboxylic acids is 2. The predicted octanol–water partition coefficient (Wildman–Crippen LogP) is 1.33. The lowest BCUT2D eigenvalue weighted by Gasteiger charge is -2.27. The van der Waals surface area contributed by atoms with E-state index in [-0.39, 0.29) is 37.5 Å². The number of nitrogens with one attached hydrogen (secondary N) is 4. The van der Waals surface area contributed by atoms with Crippen LogP contribution in [0.1, 0.15) is 87.0 Å². The number of ether oxygens (including phenoxy) is 2. The fraction of sp³-hybridized carbons (Fsp3) is 0.750. The zero-order valence-electron chi connectivity index (χ0n) is 26.3.